The van der Waals surface area contributed by atoms with Gasteiger partial charge in [0.1, 0.15) is 6.04 Å². The molecule has 1 aromatic rings. The molecule has 3 aliphatic rings. The zero-order valence-corrected chi connectivity index (χ0v) is 16.0. The summed E-state index contributed by atoms with van der Waals surface area (Å²) in [6.07, 6.45) is 2.16. The van der Waals surface area contributed by atoms with Gasteiger partial charge >= 0.3 is 0 Å². The smallest absolute Gasteiger partial charge is 0.251 e. The molecule has 4 heterocycles. The quantitative estimate of drug-likeness (QED) is 0.726. The van der Waals surface area contributed by atoms with E-state index in [1.807, 2.05) is 6.07 Å². The molecule has 8 nitrogen and oxygen atoms in total. The molecular weight excluding hydrogens is 368 g/mol. The number of hydrogen-bond donors (Lipinski definition) is 2. The summed E-state index contributed by atoms with van der Waals surface area (Å²) < 4.78 is 24.3. The molecule has 2 saturated heterocycles. The first-order valence-electron chi connectivity index (χ1n) is 9.55. The van der Waals surface area contributed by atoms with Gasteiger partial charge in [-0.3, -0.25) is 14.2 Å². The number of carbonyl (C=O) groups excluding carboxylic acids is 1. The van der Waals surface area contributed by atoms with Crippen molar-refractivity contribution < 1.29 is 13.2 Å². The van der Waals surface area contributed by atoms with Crippen molar-refractivity contribution in [1.29, 1.82) is 0 Å². The number of hydrogen-bond acceptors (Lipinski definition) is 5. The zero-order chi connectivity index (χ0) is 19.2. The maximum Gasteiger partial charge on any atom is 0.251 e. The van der Waals surface area contributed by atoms with Crippen molar-refractivity contribution in [3.05, 3.63) is 34.2 Å². The van der Waals surface area contributed by atoms with E-state index in [0.717, 1.165) is 25.2 Å². The van der Waals surface area contributed by atoms with Gasteiger partial charge in [0, 0.05) is 49.8 Å². The highest BCUT2D eigenvalue weighted by molar-refractivity contribution is 7.89. The topological polar surface area (TPSA) is 114 Å². The number of piperidine rings is 2. The Morgan fingerprint density at radius 3 is 2.67 bits per heavy atom. The summed E-state index contributed by atoms with van der Waals surface area (Å²) in [4.78, 5) is 27.7. The Morgan fingerprint density at radius 2 is 1.96 bits per heavy atom. The normalized spacial score (nSPS) is 28.6. The Bertz CT molecular complexity index is 889. The first kappa shape index (κ1) is 18.6. The van der Waals surface area contributed by atoms with Crippen LogP contribution in [0.15, 0.2) is 23.0 Å². The summed E-state index contributed by atoms with van der Waals surface area (Å²) in [7, 11) is -3.50. The predicted molar refractivity (Wildman–Crippen MR) is 101 cm³/mol. The van der Waals surface area contributed by atoms with E-state index in [9.17, 15) is 18.0 Å². The second kappa shape index (κ2) is 7.03. The van der Waals surface area contributed by atoms with Crippen molar-refractivity contribution in [3.63, 3.8) is 0 Å². The van der Waals surface area contributed by atoms with Crippen LogP contribution in [-0.2, 0) is 14.8 Å². The maximum absolute atomic E-state index is 13.4. The molecule has 2 fully saturated rings. The van der Waals surface area contributed by atoms with Gasteiger partial charge in [0.15, 0.2) is 0 Å². The number of carbonyl (C=O) groups is 1. The molecule has 9 heteroatoms. The van der Waals surface area contributed by atoms with E-state index in [1.165, 1.54) is 6.07 Å². The highest BCUT2D eigenvalue weighted by Gasteiger charge is 2.43. The lowest BCUT2D eigenvalue weighted by atomic mass is 9.78. The largest absolute Gasteiger partial charge is 0.341 e. The van der Waals surface area contributed by atoms with Crippen LogP contribution in [-0.4, -0.2) is 55.7 Å². The van der Waals surface area contributed by atoms with Crippen LogP contribution in [0.5, 0.6) is 0 Å². The molecular formula is C18H26N4O4S. The van der Waals surface area contributed by atoms with E-state index in [2.05, 4.69) is 5.32 Å². The minimum atomic E-state index is -3.50. The molecule has 0 saturated carbocycles. The molecule has 4 rings (SSSR count). The lowest BCUT2D eigenvalue weighted by Gasteiger charge is -2.44. The fourth-order valence-electron chi connectivity index (χ4n) is 4.95. The van der Waals surface area contributed by atoms with E-state index in [1.54, 1.807) is 15.5 Å². The van der Waals surface area contributed by atoms with Crippen LogP contribution in [0.1, 0.15) is 36.9 Å². The van der Waals surface area contributed by atoms with E-state index in [-0.39, 0.29) is 35.0 Å². The number of amides is 1. The molecule has 148 valence electrons. The van der Waals surface area contributed by atoms with Crippen LogP contribution in [0.3, 0.4) is 0 Å². The van der Waals surface area contributed by atoms with Crippen LogP contribution in [0.25, 0.3) is 0 Å². The van der Waals surface area contributed by atoms with Gasteiger partial charge in [-0.15, -0.1) is 0 Å². The van der Waals surface area contributed by atoms with E-state index < -0.39 is 16.1 Å². The second-order valence-electron chi connectivity index (χ2n) is 8.05. The minimum Gasteiger partial charge on any atom is -0.341 e. The Labute approximate surface area is 158 Å². The number of aromatic nitrogens is 1. The summed E-state index contributed by atoms with van der Waals surface area (Å²) in [5.41, 5.74) is 0.819. The van der Waals surface area contributed by atoms with E-state index >= 15 is 0 Å². The molecule has 3 N–H and O–H groups in total. The fourth-order valence-corrected chi connectivity index (χ4v) is 5.94. The van der Waals surface area contributed by atoms with E-state index in [4.69, 9.17) is 5.14 Å². The van der Waals surface area contributed by atoms with Crippen molar-refractivity contribution in [2.24, 2.45) is 17.0 Å². The number of likely N-dealkylation sites (tertiary alicyclic amines) is 1. The van der Waals surface area contributed by atoms with Gasteiger partial charge in [0.25, 0.3) is 5.56 Å². The fraction of sp³-hybridized carbons (Fsp3) is 0.667. The monoisotopic (exact) mass is 394 g/mol. The third-order valence-corrected chi connectivity index (χ3v) is 7.13. The summed E-state index contributed by atoms with van der Waals surface area (Å²) in [5.74, 6) is 0.305. The van der Waals surface area contributed by atoms with Gasteiger partial charge in [-0.05, 0) is 31.2 Å². The highest BCUT2D eigenvalue weighted by Crippen LogP contribution is 2.39. The van der Waals surface area contributed by atoms with Gasteiger partial charge in [-0.25, -0.2) is 13.6 Å². The van der Waals surface area contributed by atoms with Crippen LogP contribution >= 0.6 is 0 Å². The van der Waals surface area contributed by atoms with Crippen molar-refractivity contribution in [2.45, 2.75) is 31.2 Å². The molecule has 0 radical (unpaired) electrons. The minimum absolute atomic E-state index is 0.00820. The highest BCUT2D eigenvalue weighted by atomic mass is 32.2. The Balaban J connectivity index is 1.56. The lowest BCUT2D eigenvalue weighted by Crippen LogP contribution is -2.54. The Kier molecular flexibility index (Phi) is 4.85. The molecule has 0 aromatic carbocycles. The number of sulfonamides is 1. The number of primary sulfonamides is 1. The third kappa shape index (κ3) is 3.68. The molecule has 3 aliphatic heterocycles. The summed E-state index contributed by atoms with van der Waals surface area (Å²) in [5, 5.41) is 8.55. The molecule has 1 amide bonds. The number of rotatable bonds is 3. The van der Waals surface area contributed by atoms with Crippen LogP contribution in [0.2, 0.25) is 0 Å². The number of nitrogens with zero attached hydrogens (tertiary/aromatic N) is 2. The second-order valence-corrected chi connectivity index (χ2v) is 9.71. The third-order valence-electron chi connectivity index (χ3n) is 6.20. The first-order valence-corrected chi connectivity index (χ1v) is 11.3. The molecule has 0 unspecified atom stereocenters. The molecule has 0 spiro atoms. The van der Waals surface area contributed by atoms with Crippen molar-refractivity contribution in [2.75, 3.05) is 31.9 Å². The number of pyridine rings is 1. The van der Waals surface area contributed by atoms with Gasteiger partial charge in [-0.1, -0.05) is 6.07 Å². The number of fused-ring (bicyclic) bond motifs is 4. The Hall–Kier alpha value is -1.71. The van der Waals surface area contributed by atoms with Crippen molar-refractivity contribution >= 4 is 15.9 Å². The molecule has 2 bridgehead atoms. The summed E-state index contributed by atoms with van der Waals surface area (Å²) in [6, 6.07) is 4.76. The van der Waals surface area contributed by atoms with Crippen LogP contribution < -0.4 is 16.0 Å². The molecule has 0 aliphatic carbocycles. The molecule has 3 atom stereocenters. The van der Waals surface area contributed by atoms with Gasteiger partial charge < -0.3 is 10.2 Å². The predicted octanol–water partition coefficient (Wildman–Crippen LogP) is -0.377. The zero-order valence-electron chi connectivity index (χ0n) is 15.2. The standard InChI is InChI=1S/C18H26N4O4S/c19-27(25,26)11-12-4-6-21(7-5-12)18(24)17-14-8-13(9-20-10-14)15-2-1-3-16(23)22(15)17/h1-3,12-14,17,20H,4-11H2,(H2,19,25,26)/t13-,14+,17-/m1/s1. The average molecular weight is 394 g/mol. The van der Waals surface area contributed by atoms with Crippen LogP contribution in [0.4, 0.5) is 0 Å². The molecule has 1 aromatic heterocycles. The first-order chi connectivity index (χ1) is 12.8. The van der Waals surface area contributed by atoms with Gasteiger partial charge in [0.2, 0.25) is 15.9 Å². The van der Waals surface area contributed by atoms with E-state index in [0.29, 0.717) is 25.9 Å². The maximum atomic E-state index is 13.4. The molecule has 27 heavy (non-hydrogen) atoms. The van der Waals surface area contributed by atoms with Gasteiger partial charge in [0.05, 0.1) is 5.75 Å². The number of nitrogens with one attached hydrogen (secondary N) is 1. The Morgan fingerprint density at radius 1 is 1.22 bits per heavy atom. The van der Waals surface area contributed by atoms with Gasteiger partial charge in [-0.2, -0.15) is 0 Å². The van der Waals surface area contributed by atoms with Crippen LogP contribution in [0, 0.1) is 11.8 Å². The van der Waals surface area contributed by atoms with Crippen molar-refractivity contribution in [3.8, 4) is 0 Å². The average Bonchev–Trinajstić information content (AvgIpc) is 2.62. The summed E-state index contributed by atoms with van der Waals surface area (Å²) >= 11 is 0. The SMILES string of the molecule is NS(=O)(=O)CC1CCN(C(=O)[C@H]2[C@@H]3CNC[C@@H](C3)c3cccc(=O)n32)CC1. The summed E-state index contributed by atoms with van der Waals surface area (Å²) in [6.45, 7) is 2.58. The lowest BCUT2D eigenvalue weighted by molar-refractivity contribution is -0.139. The number of nitrogens with two attached hydrogens (primary N) is 1. The van der Waals surface area contributed by atoms with Crippen molar-refractivity contribution in [1.82, 2.24) is 14.8 Å².